The van der Waals surface area contributed by atoms with Gasteiger partial charge in [-0.1, -0.05) is 30.8 Å². The van der Waals surface area contributed by atoms with Crippen molar-refractivity contribution < 1.29 is 46.1 Å². The van der Waals surface area contributed by atoms with E-state index in [1.165, 1.54) is 54.6 Å². The molecule has 2 saturated carbocycles. The van der Waals surface area contributed by atoms with Gasteiger partial charge in [-0.2, -0.15) is 36.9 Å². The number of carbonyl (C=O) groups is 2. The molecule has 0 bridgehead atoms. The van der Waals surface area contributed by atoms with Crippen LogP contribution in [0.1, 0.15) is 103 Å². The molecule has 2 heterocycles. The molecule has 0 aromatic heterocycles. The molecule has 2 aliphatic heterocycles. The molecular weight excluding hydrogens is 766 g/mol. The SMILES string of the molecule is C=CC#N.C[C@](O)(c1ccc(C(=O)N(C2CC2)C2CCN(CCC#N)CC2)cc1)C(F)(F)F.C[C@](O)(c1ccc(C(=O)N(C2CCNCC2)C2CC2)cc1)C(F)(F)F. The number of hydrogen-bond acceptors (Lipinski definition) is 8. The lowest BCUT2D eigenvalue weighted by molar-refractivity contribution is -0.259. The number of halogens is 6. The number of allylic oxidation sites excluding steroid dienone is 1. The number of aliphatic hydroxyl groups is 2. The first-order valence-electron chi connectivity index (χ1n) is 19.5. The lowest BCUT2D eigenvalue weighted by atomic mass is 9.94. The van der Waals surface area contributed by atoms with Gasteiger partial charge in [-0.05, 0) is 114 Å². The number of nitrogens with one attached hydrogen (secondary N) is 1. The Morgan fingerprint density at radius 3 is 1.38 bits per heavy atom. The summed E-state index contributed by atoms with van der Waals surface area (Å²) in [6, 6.07) is 14.8. The molecule has 0 unspecified atom stereocenters. The third-order valence-electron chi connectivity index (χ3n) is 11.1. The smallest absolute Gasteiger partial charge is 0.376 e. The number of rotatable bonds is 10. The van der Waals surface area contributed by atoms with E-state index >= 15 is 0 Å². The summed E-state index contributed by atoms with van der Waals surface area (Å²) in [5.74, 6) is -0.297. The van der Waals surface area contributed by atoms with Crippen LogP contribution in [0.4, 0.5) is 26.3 Å². The van der Waals surface area contributed by atoms with Crippen LogP contribution < -0.4 is 5.32 Å². The van der Waals surface area contributed by atoms with Gasteiger partial charge in [-0.3, -0.25) is 9.59 Å². The second-order valence-corrected chi connectivity index (χ2v) is 15.5. The fraction of sp³-hybridized carbons (Fsp3) is 0.571. The molecule has 58 heavy (non-hydrogen) atoms. The lowest BCUT2D eigenvalue weighted by Gasteiger charge is -2.38. The second kappa shape index (κ2) is 19.5. The van der Waals surface area contributed by atoms with E-state index in [9.17, 15) is 46.1 Å². The highest BCUT2D eigenvalue weighted by Gasteiger charge is 2.52. The first-order valence-corrected chi connectivity index (χ1v) is 19.5. The maximum atomic E-state index is 13.1. The molecule has 2 aromatic carbocycles. The van der Waals surface area contributed by atoms with E-state index in [0.29, 0.717) is 24.5 Å². The molecule has 2 saturated heterocycles. The van der Waals surface area contributed by atoms with E-state index in [2.05, 4.69) is 22.9 Å². The first kappa shape index (κ1) is 46.2. The molecular formula is C42H52F6N6O4. The van der Waals surface area contributed by atoms with E-state index in [1.54, 1.807) is 6.07 Å². The molecule has 4 fully saturated rings. The summed E-state index contributed by atoms with van der Waals surface area (Å²) in [7, 11) is 0. The fourth-order valence-corrected chi connectivity index (χ4v) is 7.18. The largest absolute Gasteiger partial charge is 0.421 e. The van der Waals surface area contributed by atoms with E-state index in [0.717, 1.165) is 91.0 Å². The van der Waals surface area contributed by atoms with E-state index < -0.39 is 23.6 Å². The monoisotopic (exact) mass is 818 g/mol. The molecule has 16 heteroatoms. The lowest BCUT2D eigenvalue weighted by Crippen LogP contribution is -2.48. The highest BCUT2D eigenvalue weighted by molar-refractivity contribution is 5.95. The van der Waals surface area contributed by atoms with Crippen molar-refractivity contribution in [1.82, 2.24) is 20.0 Å². The van der Waals surface area contributed by atoms with Gasteiger partial charge < -0.3 is 30.2 Å². The summed E-state index contributed by atoms with van der Waals surface area (Å²) in [6.07, 6.45) is -0.597. The highest BCUT2D eigenvalue weighted by Crippen LogP contribution is 2.40. The molecule has 2 amide bonds. The number of benzene rings is 2. The normalized spacial score (nSPS) is 19.9. The summed E-state index contributed by atoms with van der Waals surface area (Å²) in [5, 5.41) is 39.0. The minimum absolute atomic E-state index is 0.103. The maximum Gasteiger partial charge on any atom is 0.421 e. The molecule has 6 rings (SSSR count). The topological polar surface area (TPSA) is 144 Å². The average Bonchev–Trinajstić information content (AvgIpc) is 4.15. The molecule has 10 nitrogen and oxygen atoms in total. The third-order valence-corrected chi connectivity index (χ3v) is 11.1. The van der Waals surface area contributed by atoms with Gasteiger partial charge in [0.05, 0.1) is 12.1 Å². The summed E-state index contributed by atoms with van der Waals surface area (Å²) >= 11 is 0. The standard InChI is InChI=1S/C21H26F3N3O2.C18H23F3N2O2.C3H3N/c1-20(29,21(22,23)24)16-5-3-15(4-6-16)19(28)27(17-7-8-17)18-9-13-26(14-10-18)12-2-11-25;1-17(25,18(19,20)21)13-4-2-12(3-5-13)16(24)23(14-6-7-14)15-8-10-22-11-9-15;1-2-3-4/h3-6,17-18,29H,2,7-10,12-14H2,1H3;2-5,14-15,22,25H,6-11H2,1H3;2H,1H2/t20-;17-;/m00./s1. The molecule has 2 aliphatic carbocycles. The molecule has 3 N–H and O–H groups in total. The van der Waals surface area contributed by atoms with E-state index in [1.807, 2.05) is 9.80 Å². The van der Waals surface area contributed by atoms with Crippen molar-refractivity contribution in [2.45, 2.75) is 119 Å². The van der Waals surface area contributed by atoms with Crippen molar-refractivity contribution in [2.75, 3.05) is 32.7 Å². The van der Waals surface area contributed by atoms with Crippen LogP contribution in [0.25, 0.3) is 0 Å². The molecule has 2 aromatic rings. The zero-order valence-corrected chi connectivity index (χ0v) is 32.8. The molecule has 316 valence electrons. The van der Waals surface area contributed by atoms with Crippen LogP contribution >= 0.6 is 0 Å². The predicted octanol–water partition coefficient (Wildman–Crippen LogP) is 6.95. The number of amides is 2. The number of carbonyl (C=O) groups excluding carboxylic acids is 2. The number of nitriles is 2. The van der Waals surface area contributed by atoms with Crippen LogP contribution in [0.15, 0.2) is 61.2 Å². The molecule has 0 radical (unpaired) electrons. The molecule has 4 aliphatic rings. The Labute approximate surface area is 335 Å². The van der Waals surface area contributed by atoms with Gasteiger partial charge in [0, 0.05) is 67.4 Å². The number of likely N-dealkylation sites (tertiary alicyclic amines) is 1. The summed E-state index contributed by atoms with van der Waals surface area (Å²) in [4.78, 5) is 32.1. The molecule has 2 atom stereocenters. The van der Waals surface area contributed by atoms with Crippen LogP contribution in [0.2, 0.25) is 0 Å². The van der Waals surface area contributed by atoms with Crippen LogP contribution in [-0.2, 0) is 11.2 Å². The van der Waals surface area contributed by atoms with Crippen LogP contribution in [0.3, 0.4) is 0 Å². The Morgan fingerprint density at radius 2 is 1.07 bits per heavy atom. The third kappa shape index (κ3) is 11.6. The van der Waals surface area contributed by atoms with Crippen molar-refractivity contribution >= 4 is 11.8 Å². The van der Waals surface area contributed by atoms with Gasteiger partial charge in [-0.25, -0.2) is 0 Å². The van der Waals surface area contributed by atoms with E-state index in [4.69, 9.17) is 10.5 Å². The van der Waals surface area contributed by atoms with E-state index in [-0.39, 0.29) is 47.1 Å². The van der Waals surface area contributed by atoms with Crippen molar-refractivity contribution in [2.24, 2.45) is 0 Å². The van der Waals surface area contributed by atoms with Gasteiger partial charge in [0.25, 0.3) is 11.8 Å². The van der Waals surface area contributed by atoms with Crippen molar-refractivity contribution in [3.63, 3.8) is 0 Å². The first-order chi connectivity index (χ1) is 27.3. The number of hydrogen-bond donors (Lipinski definition) is 3. The Balaban J connectivity index is 0.000000237. The number of alkyl halides is 6. The summed E-state index contributed by atoms with van der Waals surface area (Å²) in [6.45, 7) is 8.68. The second-order valence-electron chi connectivity index (χ2n) is 15.5. The van der Waals surface area contributed by atoms with Crippen molar-refractivity contribution in [3.05, 3.63) is 83.4 Å². The van der Waals surface area contributed by atoms with Crippen LogP contribution in [-0.4, -0.2) is 106 Å². The number of piperidine rings is 2. The summed E-state index contributed by atoms with van der Waals surface area (Å²) < 4.78 is 77.9. The van der Waals surface area contributed by atoms with Gasteiger partial charge >= 0.3 is 12.4 Å². The van der Waals surface area contributed by atoms with Gasteiger partial charge in [0.15, 0.2) is 11.2 Å². The van der Waals surface area contributed by atoms with Crippen LogP contribution in [0.5, 0.6) is 0 Å². The quantitative estimate of drug-likeness (QED) is 0.173. The van der Waals surface area contributed by atoms with Crippen LogP contribution in [0, 0.1) is 22.7 Å². The van der Waals surface area contributed by atoms with Gasteiger partial charge in [0.2, 0.25) is 0 Å². The minimum Gasteiger partial charge on any atom is -0.376 e. The fourth-order valence-electron chi connectivity index (χ4n) is 7.18. The Kier molecular flexibility index (Phi) is 15.5. The zero-order chi connectivity index (χ0) is 42.9. The average molecular weight is 819 g/mol. The maximum absolute atomic E-state index is 13.1. The predicted molar refractivity (Wildman–Crippen MR) is 204 cm³/mol. The zero-order valence-electron chi connectivity index (χ0n) is 32.8. The minimum atomic E-state index is -4.79. The molecule has 0 spiro atoms. The Bertz CT molecular complexity index is 1760. The van der Waals surface area contributed by atoms with Gasteiger partial charge in [0.1, 0.15) is 0 Å². The summed E-state index contributed by atoms with van der Waals surface area (Å²) in [5.41, 5.74) is -5.74. The Morgan fingerprint density at radius 1 is 0.724 bits per heavy atom. The van der Waals surface area contributed by atoms with Gasteiger partial charge in [-0.15, -0.1) is 0 Å². The Hall–Kier alpha value is -4.48. The van der Waals surface area contributed by atoms with Crippen molar-refractivity contribution in [3.8, 4) is 12.1 Å². The number of nitrogens with zero attached hydrogens (tertiary/aromatic N) is 5. The van der Waals surface area contributed by atoms with Crippen molar-refractivity contribution in [1.29, 1.82) is 10.5 Å². The highest BCUT2D eigenvalue weighted by atomic mass is 19.4.